The summed E-state index contributed by atoms with van der Waals surface area (Å²) in [4.78, 5) is 0. The second-order valence-corrected chi connectivity index (χ2v) is 10.6. The summed E-state index contributed by atoms with van der Waals surface area (Å²) in [5.41, 5.74) is 7.07. The molecule has 3 aromatic carbocycles. The van der Waals surface area contributed by atoms with Crippen molar-refractivity contribution in [3.05, 3.63) is 95.0 Å². The molecule has 2 aliphatic heterocycles. The lowest BCUT2D eigenvalue weighted by molar-refractivity contribution is 0.293. The molecule has 5 heteroatoms. The first-order valence-corrected chi connectivity index (χ1v) is 12.3. The topological polar surface area (TPSA) is 29.9 Å². The van der Waals surface area contributed by atoms with E-state index in [1.54, 1.807) is 0 Å². The molecule has 4 aromatic rings. The molecule has 0 spiro atoms. The van der Waals surface area contributed by atoms with Gasteiger partial charge in [-0.2, -0.15) is 5.10 Å². The van der Waals surface area contributed by atoms with Crippen molar-refractivity contribution in [2.75, 3.05) is 11.1 Å². The van der Waals surface area contributed by atoms with E-state index in [-0.39, 0.29) is 11.5 Å². The van der Waals surface area contributed by atoms with Gasteiger partial charge in [0.1, 0.15) is 5.03 Å². The number of nitrogens with one attached hydrogen (secondary N) is 1. The number of benzene rings is 3. The first-order chi connectivity index (χ1) is 15.5. The summed E-state index contributed by atoms with van der Waals surface area (Å²) in [6.07, 6.45) is 0. The molecule has 3 heterocycles. The maximum Gasteiger partial charge on any atom is 0.106 e. The molecule has 3 nitrogen and oxygen atoms in total. The Morgan fingerprint density at radius 2 is 1.72 bits per heavy atom. The molecular weight excluding hydrogens is 434 g/mol. The van der Waals surface area contributed by atoms with Gasteiger partial charge in [0.05, 0.1) is 17.4 Å². The molecule has 2 aliphatic rings. The van der Waals surface area contributed by atoms with Gasteiger partial charge in [0, 0.05) is 33.5 Å². The molecule has 1 N–H and O–H groups in total. The van der Waals surface area contributed by atoms with Crippen molar-refractivity contribution >= 4 is 29.1 Å². The minimum atomic E-state index is -0.0103. The largest absolute Gasteiger partial charge is 0.377 e. The summed E-state index contributed by atoms with van der Waals surface area (Å²) in [6.45, 7) is 4.71. The van der Waals surface area contributed by atoms with Crippen molar-refractivity contribution in [1.82, 2.24) is 9.78 Å². The van der Waals surface area contributed by atoms with Crippen molar-refractivity contribution in [2.24, 2.45) is 5.92 Å². The monoisotopic (exact) mass is 457 g/mol. The molecule has 0 fully saturated rings. The molecule has 32 heavy (non-hydrogen) atoms. The van der Waals surface area contributed by atoms with Crippen molar-refractivity contribution in [3.8, 4) is 16.9 Å². The van der Waals surface area contributed by atoms with Crippen LogP contribution in [0.15, 0.2) is 83.9 Å². The van der Waals surface area contributed by atoms with E-state index in [4.69, 9.17) is 16.7 Å². The van der Waals surface area contributed by atoms with Gasteiger partial charge in [-0.3, -0.25) is 0 Å². The Morgan fingerprint density at radius 3 is 2.47 bits per heavy atom. The fourth-order valence-electron chi connectivity index (χ4n) is 5.19. The molecule has 0 saturated carbocycles. The van der Waals surface area contributed by atoms with Gasteiger partial charge in [0.25, 0.3) is 0 Å². The zero-order valence-electron chi connectivity index (χ0n) is 18.0. The summed E-state index contributed by atoms with van der Waals surface area (Å²) in [5, 5.41) is 11.1. The maximum absolute atomic E-state index is 6.39. The van der Waals surface area contributed by atoms with E-state index >= 15 is 0 Å². The van der Waals surface area contributed by atoms with Crippen molar-refractivity contribution < 1.29 is 0 Å². The maximum atomic E-state index is 6.39. The molecule has 0 unspecified atom stereocenters. The second-order valence-electron chi connectivity index (χ2n) is 9.13. The first kappa shape index (κ1) is 20.0. The van der Waals surface area contributed by atoms with Crippen LogP contribution in [-0.4, -0.2) is 15.5 Å². The Kier molecular flexibility index (Phi) is 4.63. The summed E-state index contributed by atoms with van der Waals surface area (Å²) >= 11 is 8.31. The van der Waals surface area contributed by atoms with Crippen LogP contribution in [0.1, 0.15) is 31.0 Å². The van der Waals surface area contributed by atoms with E-state index in [2.05, 4.69) is 90.6 Å². The van der Waals surface area contributed by atoms with Gasteiger partial charge in [0.15, 0.2) is 0 Å². The Hall–Kier alpha value is -2.69. The highest BCUT2D eigenvalue weighted by atomic mass is 35.5. The van der Waals surface area contributed by atoms with E-state index in [1.807, 2.05) is 23.9 Å². The zero-order valence-corrected chi connectivity index (χ0v) is 19.6. The average molecular weight is 458 g/mol. The fraction of sp³-hybridized carbons (Fsp3) is 0.222. The molecule has 160 valence electrons. The van der Waals surface area contributed by atoms with Crippen LogP contribution in [0.3, 0.4) is 0 Å². The van der Waals surface area contributed by atoms with Crippen LogP contribution < -0.4 is 5.32 Å². The lowest BCUT2D eigenvalue weighted by Gasteiger charge is -2.48. The third-order valence-electron chi connectivity index (χ3n) is 6.95. The van der Waals surface area contributed by atoms with E-state index in [0.29, 0.717) is 5.92 Å². The number of nitrogens with zero attached hydrogens (tertiary/aromatic N) is 2. The number of rotatable bonds is 2. The number of hydrogen-bond donors (Lipinski definition) is 1. The van der Waals surface area contributed by atoms with E-state index in [0.717, 1.165) is 27.7 Å². The van der Waals surface area contributed by atoms with Gasteiger partial charge in [-0.15, -0.1) is 11.8 Å². The smallest absolute Gasteiger partial charge is 0.106 e. The minimum Gasteiger partial charge on any atom is -0.377 e. The van der Waals surface area contributed by atoms with Crippen molar-refractivity contribution in [1.29, 1.82) is 0 Å². The number of halogens is 1. The third-order valence-corrected chi connectivity index (χ3v) is 8.38. The normalized spacial score (nSPS) is 20.6. The molecule has 0 aliphatic carbocycles. The minimum absolute atomic E-state index is 0.0103. The molecule has 1 aromatic heterocycles. The quantitative estimate of drug-likeness (QED) is 0.341. The molecule has 6 rings (SSSR count). The summed E-state index contributed by atoms with van der Waals surface area (Å²) in [6, 6.07) is 27.4. The second kappa shape index (κ2) is 7.43. The number of thioether (sulfide) groups is 1. The number of anilines is 1. The Labute approximate surface area is 197 Å². The van der Waals surface area contributed by atoms with Crippen LogP contribution in [0, 0.1) is 5.92 Å². The Balaban J connectivity index is 1.58. The van der Waals surface area contributed by atoms with E-state index in [9.17, 15) is 0 Å². The lowest BCUT2D eigenvalue weighted by atomic mass is 9.66. The van der Waals surface area contributed by atoms with Gasteiger partial charge in [-0.25, -0.2) is 4.68 Å². The van der Waals surface area contributed by atoms with Gasteiger partial charge in [0.2, 0.25) is 0 Å². The third kappa shape index (κ3) is 3.01. The number of fused-ring (bicyclic) bond motifs is 4. The van der Waals surface area contributed by atoms with Gasteiger partial charge < -0.3 is 5.32 Å². The average Bonchev–Trinajstić information content (AvgIpc) is 3.21. The Bertz CT molecular complexity index is 1300. The van der Waals surface area contributed by atoms with Gasteiger partial charge >= 0.3 is 0 Å². The lowest BCUT2D eigenvalue weighted by Crippen LogP contribution is -2.44. The number of hydrogen-bond acceptors (Lipinski definition) is 3. The number of para-hydroxylation sites is 1. The summed E-state index contributed by atoms with van der Waals surface area (Å²) in [7, 11) is 0. The first-order valence-electron chi connectivity index (χ1n) is 11.0. The highest BCUT2D eigenvalue weighted by Crippen LogP contribution is 2.56. The predicted molar refractivity (Wildman–Crippen MR) is 134 cm³/mol. The van der Waals surface area contributed by atoms with Gasteiger partial charge in [-0.05, 0) is 41.3 Å². The van der Waals surface area contributed by atoms with Crippen molar-refractivity contribution in [3.63, 3.8) is 0 Å². The zero-order chi connectivity index (χ0) is 21.9. The van der Waals surface area contributed by atoms with Crippen LogP contribution in [0.2, 0.25) is 5.02 Å². The molecule has 0 saturated heterocycles. The van der Waals surface area contributed by atoms with Crippen LogP contribution in [-0.2, 0) is 5.41 Å². The Morgan fingerprint density at radius 1 is 1.00 bits per heavy atom. The standard InChI is InChI=1S/C27H24ClN3S/c1-27(2)20-15-18(28)13-14-22(20)29-25-21(27)16-32-26-23(25)24(17-9-5-3-6-10-17)30-31(26)19-11-7-4-8-12-19/h3-15,21,25,29H,16H2,1-2H3/t21-,25-/m1/s1. The molecule has 0 amide bonds. The molecule has 2 atom stereocenters. The SMILES string of the molecule is CC1(C)c2cc(Cl)ccc2N[C@H]2c3c(-c4ccccc4)nn(-c4ccccc4)c3SC[C@H]21. The van der Waals surface area contributed by atoms with Gasteiger partial charge in [-0.1, -0.05) is 74.0 Å². The predicted octanol–water partition coefficient (Wildman–Crippen LogP) is 7.36. The summed E-state index contributed by atoms with van der Waals surface area (Å²) in [5.74, 6) is 1.44. The van der Waals surface area contributed by atoms with E-state index in [1.165, 1.54) is 21.8 Å². The molecule has 0 bridgehead atoms. The van der Waals surface area contributed by atoms with E-state index < -0.39 is 0 Å². The van der Waals surface area contributed by atoms with Crippen LogP contribution >= 0.6 is 23.4 Å². The fourth-order valence-corrected chi connectivity index (χ4v) is 6.96. The van der Waals surface area contributed by atoms with Crippen LogP contribution in [0.5, 0.6) is 0 Å². The van der Waals surface area contributed by atoms with Crippen LogP contribution in [0.25, 0.3) is 16.9 Å². The molecule has 0 radical (unpaired) electrons. The number of aromatic nitrogens is 2. The van der Waals surface area contributed by atoms with Crippen molar-refractivity contribution in [2.45, 2.75) is 30.3 Å². The highest BCUT2D eigenvalue weighted by Gasteiger charge is 2.48. The van der Waals surface area contributed by atoms with Crippen LogP contribution in [0.4, 0.5) is 5.69 Å². The molecular formula is C27H24ClN3S. The highest BCUT2D eigenvalue weighted by molar-refractivity contribution is 7.99. The summed E-state index contributed by atoms with van der Waals surface area (Å²) < 4.78 is 2.13.